The lowest BCUT2D eigenvalue weighted by atomic mass is 10.2. The smallest absolute Gasteiger partial charge is 0.277 e. The first-order valence-corrected chi connectivity index (χ1v) is 9.81. The summed E-state index contributed by atoms with van der Waals surface area (Å²) in [4.78, 5) is 30.4. The van der Waals surface area contributed by atoms with Crippen molar-refractivity contribution in [1.82, 2.24) is 14.9 Å². The average Bonchev–Trinajstić information content (AvgIpc) is 3.11. The number of nitrogens with zero attached hydrogens (tertiary/aromatic N) is 3. The molecule has 1 radical (unpaired) electrons. The molecular weight excluding hydrogens is 418 g/mol. The molecule has 0 aliphatic carbocycles. The molecule has 0 saturated carbocycles. The highest BCUT2D eigenvalue weighted by molar-refractivity contribution is 6.31. The second kappa shape index (κ2) is 8.99. The Bertz CT molecular complexity index is 1010. The Hall–Kier alpha value is -2.68. The van der Waals surface area contributed by atoms with Crippen LogP contribution in [0.1, 0.15) is 31.9 Å². The number of amides is 1. The van der Waals surface area contributed by atoms with E-state index in [0.29, 0.717) is 25.5 Å². The number of carbonyl (C=O) groups excluding carboxylic acids is 1. The Balaban J connectivity index is 1.91. The zero-order valence-electron chi connectivity index (χ0n) is 16.6. The van der Waals surface area contributed by atoms with Crippen LogP contribution in [0.2, 0.25) is 5.02 Å². The van der Waals surface area contributed by atoms with Gasteiger partial charge in [0.2, 0.25) is 17.7 Å². The zero-order chi connectivity index (χ0) is 22.0. The highest BCUT2D eigenvalue weighted by atomic mass is 35.5. The Kier molecular flexibility index (Phi) is 6.60. The third-order valence-electron chi connectivity index (χ3n) is 4.74. The average molecular weight is 440 g/mol. The first kappa shape index (κ1) is 22.0. The van der Waals surface area contributed by atoms with E-state index in [1.807, 2.05) is 18.7 Å². The van der Waals surface area contributed by atoms with Crippen molar-refractivity contribution in [1.29, 1.82) is 0 Å². The fourth-order valence-electron chi connectivity index (χ4n) is 3.34. The normalized spacial score (nSPS) is 16.2. The minimum absolute atomic E-state index is 0.100. The van der Waals surface area contributed by atoms with Gasteiger partial charge in [-0.25, -0.2) is 8.78 Å². The summed E-state index contributed by atoms with van der Waals surface area (Å²) in [6.07, 6.45) is 0.662. The summed E-state index contributed by atoms with van der Waals surface area (Å²) in [6.45, 7) is 7.68. The summed E-state index contributed by atoms with van der Waals surface area (Å²) in [5, 5.41) is 2.53. The van der Waals surface area contributed by atoms with E-state index in [1.165, 1.54) is 10.6 Å². The summed E-state index contributed by atoms with van der Waals surface area (Å²) in [5.41, 5.74) is -0.390. The molecule has 3 rings (SSSR count). The summed E-state index contributed by atoms with van der Waals surface area (Å²) < 4.78 is 34.0. The number of ether oxygens (including phenoxy) is 1. The Labute approximate surface area is 177 Å². The molecule has 1 N–H and O–H groups in total. The summed E-state index contributed by atoms with van der Waals surface area (Å²) >= 11 is 6.19. The van der Waals surface area contributed by atoms with Gasteiger partial charge in [-0.1, -0.05) is 11.6 Å². The Morgan fingerprint density at radius 2 is 2.17 bits per heavy atom. The third-order valence-corrected chi connectivity index (χ3v) is 5.07. The molecule has 10 heteroatoms. The molecule has 7 nitrogen and oxygen atoms in total. The molecule has 1 aromatic carbocycles. The van der Waals surface area contributed by atoms with Gasteiger partial charge in [0.25, 0.3) is 5.56 Å². The Morgan fingerprint density at radius 1 is 1.43 bits per heavy atom. The van der Waals surface area contributed by atoms with Crippen LogP contribution in [0.4, 0.5) is 14.7 Å². The lowest BCUT2D eigenvalue weighted by Crippen LogP contribution is -2.38. The second-order valence-electron chi connectivity index (χ2n) is 7.32. The predicted molar refractivity (Wildman–Crippen MR) is 109 cm³/mol. The number of rotatable bonds is 6. The van der Waals surface area contributed by atoms with Gasteiger partial charge < -0.3 is 15.0 Å². The van der Waals surface area contributed by atoms with Crippen LogP contribution in [0.3, 0.4) is 0 Å². The molecule has 1 amide bonds. The second-order valence-corrected chi connectivity index (χ2v) is 7.70. The van der Waals surface area contributed by atoms with Crippen LogP contribution in [-0.4, -0.2) is 34.6 Å². The largest absolute Gasteiger partial charge is 0.471 e. The number of anilines is 1. The van der Waals surface area contributed by atoms with Crippen LogP contribution in [0.15, 0.2) is 23.0 Å². The van der Waals surface area contributed by atoms with E-state index in [4.69, 9.17) is 16.3 Å². The van der Waals surface area contributed by atoms with E-state index in [2.05, 4.69) is 17.2 Å². The summed E-state index contributed by atoms with van der Waals surface area (Å²) in [7, 11) is 0. The summed E-state index contributed by atoms with van der Waals surface area (Å²) in [5.74, 6) is -1.64. The number of benzene rings is 1. The molecule has 1 aromatic heterocycles. The van der Waals surface area contributed by atoms with E-state index < -0.39 is 17.2 Å². The van der Waals surface area contributed by atoms with Crippen molar-refractivity contribution >= 4 is 23.5 Å². The fraction of sp³-hybridized carbons (Fsp3) is 0.400. The molecule has 1 atom stereocenters. The minimum atomic E-state index is -0.770. The van der Waals surface area contributed by atoms with Gasteiger partial charge in [-0.3, -0.25) is 14.2 Å². The molecular formula is C20H22ClF2N4O3. The topological polar surface area (TPSA) is 76.5 Å². The molecule has 1 fully saturated rings. The predicted octanol–water partition coefficient (Wildman–Crippen LogP) is 2.86. The first-order chi connectivity index (χ1) is 14.2. The van der Waals surface area contributed by atoms with Gasteiger partial charge >= 0.3 is 0 Å². The fourth-order valence-corrected chi connectivity index (χ4v) is 3.53. The van der Waals surface area contributed by atoms with Crippen LogP contribution in [0, 0.1) is 18.6 Å². The third kappa shape index (κ3) is 4.72. The molecule has 161 valence electrons. The Morgan fingerprint density at radius 3 is 2.80 bits per heavy atom. The van der Waals surface area contributed by atoms with E-state index in [0.717, 1.165) is 12.1 Å². The molecule has 0 spiro atoms. The molecule has 0 unspecified atom stereocenters. The lowest BCUT2D eigenvalue weighted by molar-refractivity contribution is -0.117. The molecule has 0 bridgehead atoms. The number of aromatic nitrogens is 2. The molecule has 2 aromatic rings. The highest BCUT2D eigenvalue weighted by Crippen LogP contribution is 2.27. The van der Waals surface area contributed by atoms with Crippen molar-refractivity contribution in [2.24, 2.45) is 0 Å². The molecule has 30 heavy (non-hydrogen) atoms. The van der Waals surface area contributed by atoms with Crippen molar-refractivity contribution in [2.75, 3.05) is 18.0 Å². The minimum Gasteiger partial charge on any atom is -0.471 e. The van der Waals surface area contributed by atoms with Crippen molar-refractivity contribution < 1.29 is 18.3 Å². The van der Waals surface area contributed by atoms with Gasteiger partial charge in [0.05, 0.1) is 0 Å². The zero-order valence-corrected chi connectivity index (χ0v) is 17.4. The molecule has 1 saturated heterocycles. The monoisotopic (exact) mass is 439 g/mol. The lowest BCUT2D eigenvalue weighted by Gasteiger charge is -2.25. The number of hydrogen-bond acceptors (Lipinski definition) is 5. The quantitative estimate of drug-likeness (QED) is 0.749. The maximum Gasteiger partial charge on any atom is 0.277 e. The van der Waals surface area contributed by atoms with E-state index in [-0.39, 0.29) is 41.1 Å². The van der Waals surface area contributed by atoms with Gasteiger partial charge in [-0.15, -0.1) is 0 Å². The molecule has 1 aliphatic rings. The van der Waals surface area contributed by atoms with Crippen molar-refractivity contribution in [3.05, 3.63) is 57.7 Å². The number of hydrogen-bond donors (Lipinski definition) is 1. The van der Waals surface area contributed by atoms with Crippen molar-refractivity contribution in [3.63, 3.8) is 0 Å². The van der Waals surface area contributed by atoms with E-state index in [1.54, 1.807) is 0 Å². The maximum atomic E-state index is 13.9. The van der Waals surface area contributed by atoms with Gasteiger partial charge in [0, 0.05) is 43.7 Å². The van der Waals surface area contributed by atoms with Crippen molar-refractivity contribution in [3.8, 4) is 5.88 Å². The molecule has 2 heterocycles. The van der Waals surface area contributed by atoms with Gasteiger partial charge in [-0.05, 0) is 32.4 Å². The summed E-state index contributed by atoms with van der Waals surface area (Å²) in [6, 6.07) is 2.75. The van der Waals surface area contributed by atoms with Gasteiger partial charge in [0.15, 0.2) is 5.02 Å². The van der Waals surface area contributed by atoms with Crippen LogP contribution in [0.5, 0.6) is 5.88 Å². The number of nitrogens with one attached hydrogen (secondary N) is 1. The van der Waals surface area contributed by atoms with Gasteiger partial charge in [0.1, 0.15) is 18.2 Å². The highest BCUT2D eigenvalue weighted by Gasteiger charge is 2.29. The number of halogens is 3. The van der Waals surface area contributed by atoms with Gasteiger partial charge in [-0.2, -0.15) is 4.98 Å². The van der Waals surface area contributed by atoms with Crippen LogP contribution >= 0.6 is 11.6 Å². The van der Waals surface area contributed by atoms with Crippen LogP contribution in [-0.2, 0) is 11.4 Å². The van der Waals surface area contributed by atoms with Crippen molar-refractivity contribution in [2.45, 2.75) is 39.0 Å². The van der Waals surface area contributed by atoms with E-state index >= 15 is 0 Å². The molecule has 1 aliphatic heterocycles. The number of carbonyl (C=O) groups is 1. The maximum absolute atomic E-state index is 13.9. The van der Waals surface area contributed by atoms with Crippen LogP contribution < -0.4 is 20.5 Å². The first-order valence-electron chi connectivity index (χ1n) is 9.43. The SMILES string of the molecule is [CH2]C(=O)N[C@@H]1CCN(c2nc(OCc3ccc(F)cc3F)c(Cl)c(=O)n2C(C)C)C1. The standard InChI is InChI=1S/C20H22ClF2N4O3/c1-11(2)27-19(29)17(21)18(30-10-13-4-5-14(22)8-16(13)23)25-20(27)26-7-6-15(9-26)24-12(3)28/h4-5,8,11,15H,3,6-7,9-10H2,1-2H3,(H,24,28)/t15-/m1/s1. The van der Waals surface area contributed by atoms with Crippen LogP contribution in [0.25, 0.3) is 0 Å². The van der Waals surface area contributed by atoms with E-state index in [9.17, 15) is 18.4 Å².